The van der Waals surface area contributed by atoms with Gasteiger partial charge < -0.3 is 10.0 Å². The standard InChI is InChI=1S/C16H24FNO/c1-12(2)11-18(15-6-7-15)9-8-16(19)13-4-3-5-14(17)10-13/h3-5,10,12,15-16,19H,6-9,11H2,1-2H3. The van der Waals surface area contributed by atoms with Crippen LogP contribution in [0.4, 0.5) is 4.39 Å². The lowest BCUT2D eigenvalue weighted by molar-refractivity contribution is 0.134. The summed E-state index contributed by atoms with van der Waals surface area (Å²) in [6.07, 6.45) is 2.67. The molecule has 1 unspecified atom stereocenters. The summed E-state index contributed by atoms with van der Waals surface area (Å²) in [5.41, 5.74) is 0.681. The maximum atomic E-state index is 13.1. The summed E-state index contributed by atoms with van der Waals surface area (Å²) in [6, 6.07) is 6.99. The Balaban J connectivity index is 1.86. The van der Waals surface area contributed by atoms with Crippen LogP contribution in [0.25, 0.3) is 0 Å². The maximum absolute atomic E-state index is 13.1. The second kappa shape index (κ2) is 6.49. The van der Waals surface area contributed by atoms with Gasteiger partial charge in [0.1, 0.15) is 5.82 Å². The fraction of sp³-hybridized carbons (Fsp3) is 0.625. The summed E-state index contributed by atoms with van der Waals surface area (Å²) in [5, 5.41) is 10.1. The van der Waals surface area contributed by atoms with E-state index in [0.29, 0.717) is 23.9 Å². The monoisotopic (exact) mass is 265 g/mol. The molecule has 1 fully saturated rings. The van der Waals surface area contributed by atoms with Gasteiger partial charge in [0.05, 0.1) is 6.10 Å². The fourth-order valence-electron chi connectivity index (χ4n) is 2.50. The van der Waals surface area contributed by atoms with Gasteiger partial charge in [0, 0.05) is 19.1 Å². The van der Waals surface area contributed by atoms with Crippen molar-refractivity contribution in [3.63, 3.8) is 0 Å². The molecule has 1 atom stereocenters. The zero-order valence-corrected chi connectivity index (χ0v) is 11.8. The minimum Gasteiger partial charge on any atom is -0.388 e. The first-order chi connectivity index (χ1) is 9.06. The Morgan fingerprint density at radius 2 is 2.11 bits per heavy atom. The molecule has 106 valence electrons. The summed E-state index contributed by atoms with van der Waals surface area (Å²) in [7, 11) is 0. The van der Waals surface area contributed by atoms with Crippen molar-refractivity contribution in [1.29, 1.82) is 0 Å². The SMILES string of the molecule is CC(C)CN(CCC(O)c1cccc(F)c1)C1CC1. The minimum atomic E-state index is -0.566. The van der Waals surface area contributed by atoms with Gasteiger partial charge in [0.25, 0.3) is 0 Å². The van der Waals surface area contributed by atoms with E-state index in [9.17, 15) is 9.50 Å². The van der Waals surface area contributed by atoms with E-state index in [0.717, 1.165) is 13.1 Å². The van der Waals surface area contributed by atoms with Crippen LogP contribution in [0, 0.1) is 11.7 Å². The van der Waals surface area contributed by atoms with Crippen LogP contribution in [0.2, 0.25) is 0 Å². The molecule has 1 N–H and O–H groups in total. The summed E-state index contributed by atoms with van der Waals surface area (Å²) < 4.78 is 13.1. The van der Waals surface area contributed by atoms with Gasteiger partial charge in [0.2, 0.25) is 0 Å². The Bertz CT molecular complexity index is 403. The predicted molar refractivity (Wildman–Crippen MR) is 75.4 cm³/mol. The molecule has 0 aliphatic heterocycles. The highest BCUT2D eigenvalue weighted by molar-refractivity contribution is 5.18. The molecule has 0 saturated heterocycles. The number of aliphatic hydroxyl groups is 1. The van der Waals surface area contributed by atoms with Gasteiger partial charge in [-0.2, -0.15) is 0 Å². The normalized spacial score (nSPS) is 17.2. The van der Waals surface area contributed by atoms with Crippen molar-refractivity contribution in [3.8, 4) is 0 Å². The van der Waals surface area contributed by atoms with Gasteiger partial charge in [-0.3, -0.25) is 0 Å². The van der Waals surface area contributed by atoms with Crippen molar-refractivity contribution in [1.82, 2.24) is 4.90 Å². The predicted octanol–water partition coefficient (Wildman–Crippen LogP) is 3.37. The molecule has 1 saturated carbocycles. The molecule has 1 aliphatic rings. The lowest BCUT2D eigenvalue weighted by Gasteiger charge is -2.25. The first-order valence-corrected chi connectivity index (χ1v) is 7.24. The molecule has 1 aromatic rings. The van der Waals surface area contributed by atoms with E-state index in [4.69, 9.17) is 0 Å². The van der Waals surface area contributed by atoms with Crippen LogP contribution < -0.4 is 0 Å². The van der Waals surface area contributed by atoms with Crippen LogP contribution in [0.5, 0.6) is 0 Å². The third kappa shape index (κ3) is 4.59. The zero-order valence-electron chi connectivity index (χ0n) is 11.8. The fourth-order valence-corrected chi connectivity index (χ4v) is 2.50. The Hall–Kier alpha value is -0.930. The highest BCUT2D eigenvalue weighted by Crippen LogP contribution is 2.29. The molecular formula is C16H24FNO. The smallest absolute Gasteiger partial charge is 0.123 e. The second-order valence-corrected chi connectivity index (χ2v) is 5.98. The number of aliphatic hydroxyl groups excluding tert-OH is 1. The minimum absolute atomic E-state index is 0.280. The van der Waals surface area contributed by atoms with Gasteiger partial charge in [-0.1, -0.05) is 26.0 Å². The number of halogens is 1. The topological polar surface area (TPSA) is 23.5 Å². The molecule has 2 nitrogen and oxygen atoms in total. The van der Waals surface area contributed by atoms with Crippen LogP contribution in [0.1, 0.15) is 44.8 Å². The summed E-state index contributed by atoms with van der Waals surface area (Å²) >= 11 is 0. The average Bonchev–Trinajstić information content (AvgIpc) is 3.17. The summed E-state index contributed by atoms with van der Waals surface area (Å²) in [5.74, 6) is 0.365. The van der Waals surface area contributed by atoms with E-state index in [1.807, 2.05) is 0 Å². The molecule has 0 amide bonds. The van der Waals surface area contributed by atoms with Crippen LogP contribution in [-0.2, 0) is 0 Å². The number of hydrogen-bond donors (Lipinski definition) is 1. The molecule has 0 heterocycles. The molecule has 19 heavy (non-hydrogen) atoms. The Labute approximate surface area is 115 Å². The number of hydrogen-bond acceptors (Lipinski definition) is 2. The van der Waals surface area contributed by atoms with E-state index in [-0.39, 0.29) is 5.82 Å². The molecule has 0 spiro atoms. The molecular weight excluding hydrogens is 241 g/mol. The van der Waals surface area contributed by atoms with E-state index >= 15 is 0 Å². The summed E-state index contributed by atoms with van der Waals surface area (Å²) in [6.45, 7) is 6.41. The van der Waals surface area contributed by atoms with Crippen LogP contribution in [0.15, 0.2) is 24.3 Å². The Morgan fingerprint density at radius 3 is 2.68 bits per heavy atom. The van der Waals surface area contributed by atoms with Crippen LogP contribution in [0.3, 0.4) is 0 Å². The van der Waals surface area contributed by atoms with Gasteiger partial charge in [0.15, 0.2) is 0 Å². The first-order valence-electron chi connectivity index (χ1n) is 7.24. The third-order valence-electron chi connectivity index (χ3n) is 3.59. The van der Waals surface area contributed by atoms with Crippen LogP contribution in [-0.4, -0.2) is 29.1 Å². The second-order valence-electron chi connectivity index (χ2n) is 5.98. The molecule has 0 radical (unpaired) electrons. The highest BCUT2D eigenvalue weighted by Gasteiger charge is 2.29. The Morgan fingerprint density at radius 1 is 1.37 bits per heavy atom. The van der Waals surface area contributed by atoms with Crippen molar-refractivity contribution in [2.24, 2.45) is 5.92 Å². The first kappa shape index (κ1) is 14.5. The summed E-state index contributed by atoms with van der Waals surface area (Å²) in [4.78, 5) is 2.47. The molecule has 1 aliphatic carbocycles. The maximum Gasteiger partial charge on any atom is 0.123 e. The van der Waals surface area contributed by atoms with Crippen molar-refractivity contribution < 1.29 is 9.50 Å². The van der Waals surface area contributed by atoms with Crippen molar-refractivity contribution in [3.05, 3.63) is 35.6 Å². The van der Waals surface area contributed by atoms with E-state index < -0.39 is 6.10 Å². The average molecular weight is 265 g/mol. The molecule has 1 aromatic carbocycles. The molecule has 3 heteroatoms. The lowest BCUT2D eigenvalue weighted by Crippen LogP contribution is -2.31. The van der Waals surface area contributed by atoms with Crippen LogP contribution >= 0.6 is 0 Å². The van der Waals surface area contributed by atoms with Gasteiger partial charge in [-0.25, -0.2) is 4.39 Å². The number of nitrogens with zero attached hydrogens (tertiary/aromatic N) is 1. The molecule has 0 bridgehead atoms. The molecule has 2 rings (SSSR count). The third-order valence-corrected chi connectivity index (χ3v) is 3.59. The lowest BCUT2D eigenvalue weighted by atomic mass is 10.1. The Kier molecular flexibility index (Phi) is 4.94. The quantitative estimate of drug-likeness (QED) is 0.817. The van der Waals surface area contributed by atoms with E-state index in [2.05, 4.69) is 18.7 Å². The largest absolute Gasteiger partial charge is 0.388 e. The van der Waals surface area contributed by atoms with Gasteiger partial charge >= 0.3 is 0 Å². The van der Waals surface area contributed by atoms with Gasteiger partial charge in [-0.05, 0) is 42.9 Å². The van der Waals surface area contributed by atoms with Crippen molar-refractivity contribution in [2.45, 2.75) is 45.3 Å². The number of benzene rings is 1. The van der Waals surface area contributed by atoms with Crippen molar-refractivity contribution in [2.75, 3.05) is 13.1 Å². The van der Waals surface area contributed by atoms with Gasteiger partial charge in [-0.15, -0.1) is 0 Å². The number of rotatable bonds is 7. The zero-order chi connectivity index (χ0) is 13.8. The highest BCUT2D eigenvalue weighted by atomic mass is 19.1. The molecule has 0 aromatic heterocycles. The van der Waals surface area contributed by atoms with Crippen molar-refractivity contribution >= 4 is 0 Å². The van der Waals surface area contributed by atoms with E-state index in [1.54, 1.807) is 12.1 Å². The van der Waals surface area contributed by atoms with E-state index in [1.165, 1.54) is 25.0 Å².